The van der Waals surface area contributed by atoms with Crippen molar-refractivity contribution in [3.8, 4) is 0 Å². The van der Waals surface area contributed by atoms with Crippen LogP contribution in [0.2, 0.25) is 0 Å². The van der Waals surface area contributed by atoms with Crippen molar-refractivity contribution < 1.29 is 13.2 Å². The van der Waals surface area contributed by atoms with E-state index in [1.165, 1.54) is 11.0 Å². The van der Waals surface area contributed by atoms with E-state index in [0.29, 0.717) is 13.0 Å². The van der Waals surface area contributed by atoms with Gasteiger partial charge in [-0.25, -0.2) is 13.1 Å². The summed E-state index contributed by atoms with van der Waals surface area (Å²) >= 11 is 0. The Kier molecular flexibility index (Phi) is 4.12. The van der Waals surface area contributed by atoms with Crippen molar-refractivity contribution in [3.05, 3.63) is 23.8 Å². The van der Waals surface area contributed by atoms with E-state index in [1.807, 2.05) is 6.92 Å². The lowest BCUT2D eigenvalue weighted by Crippen LogP contribution is -2.29. The minimum Gasteiger partial charge on any atom is -0.328 e. The highest BCUT2D eigenvalue weighted by Gasteiger charge is 2.26. The first-order valence-corrected chi connectivity index (χ1v) is 7.94. The molecule has 1 amide bonds. The molecule has 0 saturated heterocycles. The first-order chi connectivity index (χ1) is 9.31. The fourth-order valence-corrected chi connectivity index (χ4v) is 3.22. The number of rotatable bonds is 5. The molecule has 2 rings (SSSR count). The molecule has 0 radical (unpaired) electrons. The molecule has 0 spiro atoms. The number of sulfonamides is 1. The van der Waals surface area contributed by atoms with Gasteiger partial charge < -0.3 is 10.6 Å². The van der Waals surface area contributed by atoms with Gasteiger partial charge in [0.2, 0.25) is 15.9 Å². The van der Waals surface area contributed by atoms with Crippen molar-refractivity contribution in [2.75, 3.05) is 18.5 Å². The molecule has 0 fully saturated rings. The van der Waals surface area contributed by atoms with Crippen LogP contribution in [-0.2, 0) is 21.2 Å². The van der Waals surface area contributed by atoms with E-state index in [-0.39, 0.29) is 23.3 Å². The average molecular weight is 297 g/mol. The molecule has 1 heterocycles. The monoisotopic (exact) mass is 297 g/mol. The van der Waals surface area contributed by atoms with Crippen molar-refractivity contribution in [1.82, 2.24) is 4.72 Å². The third-order valence-electron chi connectivity index (χ3n) is 3.33. The number of anilines is 1. The molecule has 0 bridgehead atoms. The molecule has 1 aliphatic rings. The standard InChI is InChI=1S/C13H19N3O3S/c1-9(14)5-6-15-20(18,19)11-3-4-12-10(7-11)8-13(17)16(12)2/h3-4,7,9,15H,5-6,8,14H2,1-2H3. The second kappa shape index (κ2) is 5.51. The predicted molar refractivity (Wildman–Crippen MR) is 77.0 cm³/mol. The van der Waals surface area contributed by atoms with Crippen molar-refractivity contribution in [1.29, 1.82) is 0 Å². The first kappa shape index (κ1) is 15.0. The van der Waals surface area contributed by atoms with Gasteiger partial charge in [0.25, 0.3) is 0 Å². The number of nitrogens with one attached hydrogen (secondary N) is 1. The molecule has 6 nitrogen and oxygen atoms in total. The van der Waals surface area contributed by atoms with Crippen LogP contribution in [0.4, 0.5) is 5.69 Å². The fraction of sp³-hybridized carbons (Fsp3) is 0.462. The third kappa shape index (κ3) is 3.00. The topological polar surface area (TPSA) is 92.5 Å². The van der Waals surface area contributed by atoms with Crippen molar-refractivity contribution in [3.63, 3.8) is 0 Å². The number of carbonyl (C=O) groups is 1. The zero-order valence-electron chi connectivity index (χ0n) is 11.6. The van der Waals surface area contributed by atoms with E-state index in [2.05, 4.69) is 4.72 Å². The van der Waals surface area contributed by atoms with E-state index in [1.54, 1.807) is 19.2 Å². The van der Waals surface area contributed by atoms with E-state index < -0.39 is 10.0 Å². The lowest BCUT2D eigenvalue weighted by Gasteiger charge is -2.12. The van der Waals surface area contributed by atoms with Crippen LogP contribution in [0.3, 0.4) is 0 Å². The highest BCUT2D eigenvalue weighted by Crippen LogP contribution is 2.29. The zero-order chi connectivity index (χ0) is 14.9. The van der Waals surface area contributed by atoms with E-state index in [4.69, 9.17) is 5.73 Å². The summed E-state index contributed by atoms with van der Waals surface area (Å²) in [5, 5.41) is 0. The van der Waals surface area contributed by atoms with E-state index in [0.717, 1.165) is 11.3 Å². The Bertz CT molecular complexity index is 626. The van der Waals surface area contributed by atoms with Crippen LogP contribution >= 0.6 is 0 Å². The van der Waals surface area contributed by atoms with Crippen LogP contribution in [0.5, 0.6) is 0 Å². The molecule has 0 aliphatic carbocycles. The molecule has 0 aromatic heterocycles. The molecule has 1 unspecified atom stereocenters. The molecular weight excluding hydrogens is 278 g/mol. The number of benzene rings is 1. The normalized spacial score (nSPS) is 16.4. The summed E-state index contributed by atoms with van der Waals surface area (Å²) in [5.41, 5.74) is 7.10. The van der Waals surface area contributed by atoms with Gasteiger partial charge in [0.1, 0.15) is 0 Å². The minimum absolute atomic E-state index is 0.0283. The minimum atomic E-state index is -3.55. The van der Waals surface area contributed by atoms with Crippen LogP contribution in [-0.4, -0.2) is 34.0 Å². The van der Waals surface area contributed by atoms with Crippen LogP contribution in [0, 0.1) is 0 Å². The molecule has 0 saturated carbocycles. The second-order valence-electron chi connectivity index (χ2n) is 5.08. The van der Waals surface area contributed by atoms with Gasteiger partial charge in [0.15, 0.2) is 0 Å². The van der Waals surface area contributed by atoms with Gasteiger partial charge in [-0.05, 0) is 37.1 Å². The molecule has 3 N–H and O–H groups in total. The third-order valence-corrected chi connectivity index (χ3v) is 4.79. The molecular formula is C13H19N3O3S. The number of hydrogen-bond acceptors (Lipinski definition) is 4. The van der Waals surface area contributed by atoms with Crippen LogP contribution in [0.1, 0.15) is 18.9 Å². The van der Waals surface area contributed by atoms with Gasteiger partial charge in [-0.2, -0.15) is 0 Å². The SMILES string of the molecule is CC(N)CCNS(=O)(=O)c1ccc2c(c1)CC(=O)N2C. The first-order valence-electron chi connectivity index (χ1n) is 6.46. The highest BCUT2D eigenvalue weighted by atomic mass is 32.2. The summed E-state index contributed by atoms with van der Waals surface area (Å²) in [7, 11) is -1.86. The molecule has 110 valence electrons. The summed E-state index contributed by atoms with van der Waals surface area (Å²) < 4.78 is 26.8. The summed E-state index contributed by atoms with van der Waals surface area (Å²) in [6.07, 6.45) is 0.820. The maximum Gasteiger partial charge on any atom is 0.240 e. The van der Waals surface area contributed by atoms with Crippen LogP contribution < -0.4 is 15.4 Å². The average Bonchev–Trinajstić information content (AvgIpc) is 2.64. The molecule has 1 aromatic carbocycles. The lowest BCUT2D eigenvalue weighted by molar-refractivity contribution is -0.117. The molecule has 1 aromatic rings. The number of nitrogens with two attached hydrogens (primary N) is 1. The number of hydrogen-bond donors (Lipinski definition) is 2. The lowest BCUT2D eigenvalue weighted by atomic mass is 10.2. The van der Waals surface area contributed by atoms with Gasteiger partial charge in [0.05, 0.1) is 11.3 Å². The number of amides is 1. The van der Waals surface area contributed by atoms with Gasteiger partial charge in [0, 0.05) is 25.3 Å². The molecule has 20 heavy (non-hydrogen) atoms. The highest BCUT2D eigenvalue weighted by molar-refractivity contribution is 7.89. The maximum atomic E-state index is 12.1. The Hall–Kier alpha value is -1.44. The molecule has 1 atom stereocenters. The molecule has 1 aliphatic heterocycles. The fourth-order valence-electron chi connectivity index (χ4n) is 2.12. The Labute approximate surface area is 119 Å². The van der Waals surface area contributed by atoms with Gasteiger partial charge in [-0.3, -0.25) is 4.79 Å². The molecule has 7 heteroatoms. The van der Waals surface area contributed by atoms with Gasteiger partial charge in [-0.1, -0.05) is 0 Å². The summed E-state index contributed by atoms with van der Waals surface area (Å²) in [5.74, 6) is -0.0283. The Balaban J connectivity index is 2.18. The summed E-state index contributed by atoms with van der Waals surface area (Å²) in [4.78, 5) is 13.3. The summed E-state index contributed by atoms with van der Waals surface area (Å²) in [6.45, 7) is 2.13. The number of fused-ring (bicyclic) bond motifs is 1. The Morgan fingerprint density at radius 2 is 2.15 bits per heavy atom. The Morgan fingerprint density at radius 3 is 2.80 bits per heavy atom. The number of carbonyl (C=O) groups excluding carboxylic acids is 1. The zero-order valence-corrected chi connectivity index (χ0v) is 12.4. The largest absolute Gasteiger partial charge is 0.328 e. The smallest absolute Gasteiger partial charge is 0.240 e. The summed E-state index contributed by atoms with van der Waals surface area (Å²) in [6, 6.07) is 4.69. The van der Waals surface area contributed by atoms with Crippen LogP contribution in [0.25, 0.3) is 0 Å². The van der Waals surface area contributed by atoms with Crippen molar-refractivity contribution in [2.45, 2.75) is 30.7 Å². The quantitative estimate of drug-likeness (QED) is 0.813. The second-order valence-corrected chi connectivity index (χ2v) is 6.85. The maximum absolute atomic E-state index is 12.1. The van der Waals surface area contributed by atoms with E-state index in [9.17, 15) is 13.2 Å². The van der Waals surface area contributed by atoms with Crippen LogP contribution in [0.15, 0.2) is 23.1 Å². The van der Waals surface area contributed by atoms with Gasteiger partial charge >= 0.3 is 0 Å². The van der Waals surface area contributed by atoms with Crippen molar-refractivity contribution >= 4 is 21.6 Å². The van der Waals surface area contributed by atoms with Gasteiger partial charge in [-0.15, -0.1) is 0 Å². The Morgan fingerprint density at radius 1 is 1.45 bits per heavy atom. The number of nitrogens with zero attached hydrogens (tertiary/aromatic N) is 1. The number of likely N-dealkylation sites (N-methyl/N-ethyl adjacent to an activating group) is 1. The van der Waals surface area contributed by atoms with E-state index >= 15 is 0 Å². The van der Waals surface area contributed by atoms with Crippen molar-refractivity contribution in [2.24, 2.45) is 5.73 Å². The predicted octanol–water partition coefficient (Wildman–Crippen LogP) is 0.221.